The van der Waals surface area contributed by atoms with E-state index in [-0.39, 0.29) is 6.10 Å². The van der Waals surface area contributed by atoms with Crippen molar-refractivity contribution in [2.75, 3.05) is 26.2 Å². The second-order valence-corrected chi connectivity index (χ2v) is 13.7. The van der Waals surface area contributed by atoms with E-state index in [1.807, 2.05) is 0 Å². The molecule has 0 aromatic heterocycles. The predicted molar refractivity (Wildman–Crippen MR) is 131 cm³/mol. The van der Waals surface area contributed by atoms with E-state index in [4.69, 9.17) is 0 Å². The Bertz CT molecular complexity index is 665. The molecular formula is C29H50N2O. The second kappa shape index (κ2) is 8.23. The van der Waals surface area contributed by atoms with Gasteiger partial charge in [-0.15, -0.1) is 0 Å². The number of aliphatic hydroxyl groups excluding tert-OH is 1. The van der Waals surface area contributed by atoms with Crippen LogP contribution in [0, 0.1) is 34.5 Å². The van der Waals surface area contributed by atoms with Crippen LogP contribution >= 0.6 is 0 Å². The van der Waals surface area contributed by atoms with Gasteiger partial charge in [0.05, 0.1) is 11.8 Å². The summed E-state index contributed by atoms with van der Waals surface area (Å²) < 4.78 is 0. The van der Waals surface area contributed by atoms with E-state index in [1.54, 1.807) is 0 Å². The Hall–Kier alpha value is -0.120. The number of likely N-dealkylation sites (tertiary alicyclic amines) is 2. The highest BCUT2D eigenvalue weighted by atomic mass is 16.3. The number of fused-ring (bicyclic) bond motifs is 5. The van der Waals surface area contributed by atoms with E-state index in [0.29, 0.717) is 16.5 Å². The van der Waals surface area contributed by atoms with Gasteiger partial charge in [0.15, 0.2) is 0 Å². The molecule has 0 radical (unpaired) electrons. The van der Waals surface area contributed by atoms with Gasteiger partial charge in [0, 0.05) is 0 Å². The third-order valence-electron chi connectivity index (χ3n) is 12.3. The molecule has 1 N–H and O–H groups in total. The van der Waals surface area contributed by atoms with Crippen molar-refractivity contribution >= 4 is 0 Å². The largest absolute Gasteiger partial charge is 0.393 e. The van der Waals surface area contributed by atoms with Crippen molar-refractivity contribution in [2.24, 2.45) is 34.5 Å². The van der Waals surface area contributed by atoms with Crippen molar-refractivity contribution in [3.05, 3.63) is 0 Å². The Labute approximate surface area is 197 Å². The maximum Gasteiger partial charge on any atom is 0.0746 e. The summed E-state index contributed by atoms with van der Waals surface area (Å²) in [6.07, 6.45) is 20.7. The maximum absolute atomic E-state index is 10.4. The second-order valence-electron chi connectivity index (χ2n) is 13.7. The number of piperidine rings is 2. The van der Waals surface area contributed by atoms with Crippen LogP contribution in [0.15, 0.2) is 0 Å². The van der Waals surface area contributed by atoms with Gasteiger partial charge in [-0.25, -0.2) is 0 Å². The van der Waals surface area contributed by atoms with E-state index in [0.717, 1.165) is 36.5 Å². The van der Waals surface area contributed by atoms with Gasteiger partial charge in [-0.3, -0.25) is 9.80 Å². The zero-order valence-electron chi connectivity index (χ0n) is 21.2. The lowest BCUT2D eigenvalue weighted by molar-refractivity contribution is -0.121. The molecule has 3 heteroatoms. The molecule has 0 bridgehead atoms. The van der Waals surface area contributed by atoms with Crippen LogP contribution < -0.4 is 0 Å². The minimum atomic E-state index is -0.0178. The van der Waals surface area contributed by atoms with Crippen LogP contribution in [0.25, 0.3) is 0 Å². The first-order chi connectivity index (χ1) is 15.4. The number of hydrogen-bond acceptors (Lipinski definition) is 3. The molecule has 6 aliphatic rings. The topological polar surface area (TPSA) is 26.7 Å². The van der Waals surface area contributed by atoms with E-state index in [1.165, 1.54) is 110 Å². The zero-order valence-corrected chi connectivity index (χ0v) is 21.2. The maximum atomic E-state index is 10.4. The molecule has 0 aromatic rings. The quantitative estimate of drug-likeness (QED) is 0.563. The SMILES string of the molecule is C[C@]12CC[C@@H]3[C@@H](CCC4CC(O)CC[C@@]43C)[C@@H]1CC(N1CCCCC1)(N1CCCCC1)C2. The minimum absolute atomic E-state index is 0.0178. The highest BCUT2D eigenvalue weighted by Gasteiger charge is 2.64. The molecule has 6 rings (SSSR count). The fraction of sp³-hybridized carbons (Fsp3) is 1.00. The summed E-state index contributed by atoms with van der Waals surface area (Å²) in [7, 11) is 0. The summed E-state index contributed by atoms with van der Waals surface area (Å²) in [6.45, 7) is 10.8. The monoisotopic (exact) mass is 442 g/mol. The highest BCUT2D eigenvalue weighted by Crippen LogP contribution is 2.68. The Kier molecular flexibility index (Phi) is 5.75. The Morgan fingerprint density at radius 2 is 1.38 bits per heavy atom. The van der Waals surface area contributed by atoms with Crippen molar-refractivity contribution in [3.8, 4) is 0 Å². The number of aliphatic hydroxyl groups is 1. The van der Waals surface area contributed by atoms with Crippen LogP contribution in [-0.4, -0.2) is 52.9 Å². The molecule has 182 valence electrons. The lowest BCUT2D eigenvalue weighted by Crippen LogP contribution is -2.62. The van der Waals surface area contributed by atoms with E-state index < -0.39 is 0 Å². The average Bonchev–Trinajstić information content (AvgIpc) is 3.15. The molecule has 32 heavy (non-hydrogen) atoms. The van der Waals surface area contributed by atoms with Gasteiger partial charge in [0.2, 0.25) is 0 Å². The molecule has 4 aliphatic carbocycles. The van der Waals surface area contributed by atoms with Gasteiger partial charge in [0.1, 0.15) is 0 Å². The van der Waals surface area contributed by atoms with E-state index >= 15 is 0 Å². The fourth-order valence-electron chi connectivity index (χ4n) is 10.6. The van der Waals surface area contributed by atoms with E-state index in [9.17, 15) is 5.11 Å². The minimum Gasteiger partial charge on any atom is -0.393 e. The van der Waals surface area contributed by atoms with Gasteiger partial charge in [-0.05, 0) is 144 Å². The first-order valence-electron chi connectivity index (χ1n) is 14.6. The smallest absolute Gasteiger partial charge is 0.0746 e. The standard InChI is InChI=1S/C29H50N2O/c1-27-13-12-25-24(10-9-22-19-23(32)11-14-28(22,25)2)26(27)20-29(21-27,30-15-5-3-6-16-30)31-17-7-4-8-18-31/h22-26,32H,3-21H2,1-2H3/t22?,23?,24-,25-,26+,27-,28+/m1/s1. The predicted octanol–water partition coefficient (Wildman–Crippen LogP) is 6.06. The summed E-state index contributed by atoms with van der Waals surface area (Å²) >= 11 is 0. The normalized spacial score (nSPS) is 49.8. The molecule has 0 spiro atoms. The molecule has 6 fully saturated rings. The molecule has 7 atom stereocenters. The van der Waals surface area contributed by atoms with Crippen molar-refractivity contribution in [2.45, 2.75) is 122 Å². The molecule has 4 saturated carbocycles. The molecular weight excluding hydrogens is 392 g/mol. The summed E-state index contributed by atoms with van der Waals surface area (Å²) in [4.78, 5) is 6.04. The van der Waals surface area contributed by atoms with Gasteiger partial charge >= 0.3 is 0 Å². The van der Waals surface area contributed by atoms with Gasteiger partial charge < -0.3 is 5.11 Å². The lowest BCUT2D eigenvalue weighted by Gasteiger charge is -2.60. The van der Waals surface area contributed by atoms with Gasteiger partial charge in [-0.2, -0.15) is 0 Å². The highest BCUT2D eigenvalue weighted by molar-refractivity contribution is 5.14. The van der Waals surface area contributed by atoms with Crippen LogP contribution in [0.5, 0.6) is 0 Å². The molecule has 2 aliphatic heterocycles. The fourth-order valence-corrected chi connectivity index (χ4v) is 10.6. The zero-order chi connectivity index (χ0) is 22.0. The average molecular weight is 443 g/mol. The first kappa shape index (κ1) is 22.4. The number of hydrogen-bond donors (Lipinski definition) is 1. The summed E-state index contributed by atoms with van der Waals surface area (Å²) in [5.41, 5.74) is 1.42. The Morgan fingerprint density at radius 1 is 0.719 bits per heavy atom. The van der Waals surface area contributed by atoms with Crippen LogP contribution in [0.1, 0.15) is 110 Å². The Morgan fingerprint density at radius 3 is 2.03 bits per heavy atom. The third kappa shape index (κ3) is 3.38. The summed E-state index contributed by atoms with van der Waals surface area (Å²) in [6, 6.07) is 0. The number of rotatable bonds is 2. The molecule has 0 amide bonds. The van der Waals surface area contributed by atoms with Crippen LogP contribution in [-0.2, 0) is 0 Å². The lowest BCUT2D eigenvalue weighted by atomic mass is 9.45. The molecule has 2 saturated heterocycles. The van der Waals surface area contributed by atoms with Gasteiger partial charge in [-0.1, -0.05) is 26.7 Å². The molecule has 2 unspecified atom stereocenters. The summed E-state index contributed by atoms with van der Waals surface area (Å²) in [5.74, 6) is 3.58. The van der Waals surface area contributed by atoms with Gasteiger partial charge in [0.25, 0.3) is 0 Å². The van der Waals surface area contributed by atoms with Crippen LogP contribution in [0.2, 0.25) is 0 Å². The van der Waals surface area contributed by atoms with E-state index in [2.05, 4.69) is 23.6 Å². The molecule has 0 aromatic carbocycles. The van der Waals surface area contributed by atoms with Crippen molar-refractivity contribution in [3.63, 3.8) is 0 Å². The van der Waals surface area contributed by atoms with Crippen LogP contribution in [0.4, 0.5) is 0 Å². The van der Waals surface area contributed by atoms with Crippen LogP contribution in [0.3, 0.4) is 0 Å². The summed E-state index contributed by atoms with van der Waals surface area (Å²) in [5, 5.41) is 10.4. The molecule has 2 heterocycles. The van der Waals surface area contributed by atoms with Crippen molar-refractivity contribution in [1.82, 2.24) is 9.80 Å². The molecule has 3 nitrogen and oxygen atoms in total. The Balaban J connectivity index is 1.31. The van der Waals surface area contributed by atoms with Crippen molar-refractivity contribution < 1.29 is 5.11 Å². The third-order valence-corrected chi connectivity index (χ3v) is 12.3. The first-order valence-corrected chi connectivity index (χ1v) is 14.6. The van der Waals surface area contributed by atoms with Crippen molar-refractivity contribution in [1.29, 1.82) is 0 Å². The number of nitrogens with zero attached hydrogens (tertiary/aromatic N) is 2.